The number of rotatable bonds is 2. The number of hydrogen-bond acceptors (Lipinski definition) is 4. The van der Waals surface area contributed by atoms with Crippen LogP contribution < -0.4 is 0 Å². The van der Waals surface area contributed by atoms with Crippen LogP contribution in [-0.2, 0) is 19.4 Å². The molecule has 0 atom stereocenters. The summed E-state index contributed by atoms with van der Waals surface area (Å²) in [6.07, 6.45) is 2.43. The average molecular weight is 267 g/mol. The van der Waals surface area contributed by atoms with Crippen LogP contribution in [0.3, 0.4) is 0 Å². The van der Waals surface area contributed by atoms with Gasteiger partial charge in [-0.3, -0.25) is 0 Å². The van der Waals surface area contributed by atoms with E-state index in [1.807, 2.05) is 0 Å². The molecule has 4 nitrogen and oxygen atoms in total. The quantitative estimate of drug-likeness (QED) is 0.767. The normalized spacial score (nSPS) is 19.2. The fraction of sp³-hybridized carbons (Fsp3) is 0.308. The summed E-state index contributed by atoms with van der Waals surface area (Å²) in [6.45, 7) is 3.46. The molecule has 96 valence electrons. The molecule has 1 aromatic carbocycles. The van der Waals surface area contributed by atoms with E-state index in [9.17, 15) is 13.2 Å². The van der Waals surface area contributed by atoms with Crippen molar-refractivity contribution in [1.82, 2.24) is 0 Å². The summed E-state index contributed by atoms with van der Waals surface area (Å²) >= 11 is 0. The highest BCUT2D eigenvalue weighted by atomic mass is 32.2. The number of carbonyl (C=O) groups is 1. The maximum Gasteiger partial charge on any atom is 0.332 e. The predicted octanol–water partition coefficient (Wildman–Crippen LogP) is 1.81. The lowest BCUT2D eigenvalue weighted by atomic mass is 9.92. The zero-order chi connectivity index (χ0) is 14.4. The molecule has 0 unspecified atom stereocenters. The third-order valence-corrected chi connectivity index (χ3v) is 3.88. The summed E-state index contributed by atoms with van der Waals surface area (Å²) in [5.41, 5.74) is 0.283. The topological polar surface area (TPSA) is 60.4 Å². The van der Waals surface area contributed by atoms with E-state index < -0.39 is 21.4 Å². The molecule has 5 heteroatoms. The number of ether oxygens (including phenoxy) is 1. The summed E-state index contributed by atoms with van der Waals surface area (Å²) in [6, 6.07) is 4.31. The number of esters is 1. The Morgan fingerprint density at radius 3 is 2.39 bits per heavy atom. The van der Waals surface area contributed by atoms with Crippen molar-refractivity contribution in [3.05, 3.63) is 35.9 Å². The molecule has 1 heterocycles. The minimum Gasteiger partial charge on any atom is -0.452 e. The Hall–Kier alpha value is -1.62. The molecule has 0 spiro atoms. The van der Waals surface area contributed by atoms with Crippen LogP contribution in [0.2, 0.25) is 0 Å². The summed E-state index contributed by atoms with van der Waals surface area (Å²) in [5.74, 6) is -0.452. The van der Waals surface area contributed by atoms with Crippen molar-refractivity contribution in [3.8, 4) is 0 Å². The standard InChI is InChI=1S/C13H14O4S/c1-13(2)11(8-12(14)17-13)9-4-6-10(7-5-9)18(3,15)16/h4-8H,1-3H3/i4D. The van der Waals surface area contributed by atoms with Crippen LogP contribution in [0.1, 0.15) is 20.8 Å². The lowest BCUT2D eigenvalue weighted by Gasteiger charge is -2.21. The van der Waals surface area contributed by atoms with Gasteiger partial charge in [0.1, 0.15) is 5.60 Å². The second kappa shape index (κ2) is 3.95. The molecular weight excluding hydrogens is 252 g/mol. The molecule has 1 aliphatic rings. The zero-order valence-electron chi connectivity index (χ0n) is 11.4. The summed E-state index contributed by atoms with van der Waals surface area (Å²) in [5, 5.41) is 0. The van der Waals surface area contributed by atoms with Gasteiger partial charge in [0.15, 0.2) is 9.84 Å². The molecule has 18 heavy (non-hydrogen) atoms. The van der Waals surface area contributed by atoms with Gasteiger partial charge in [0.25, 0.3) is 0 Å². The molecule has 2 rings (SSSR count). The minimum absolute atomic E-state index is 0.0561. The summed E-state index contributed by atoms with van der Waals surface area (Å²) < 4.78 is 35.9. The van der Waals surface area contributed by atoms with Crippen molar-refractivity contribution in [2.45, 2.75) is 24.3 Å². The molecule has 0 fully saturated rings. The first kappa shape index (κ1) is 11.5. The van der Waals surface area contributed by atoms with E-state index >= 15 is 0 Å². The van der Waals surface area contributed by atoms with Crippen LogP contribution in [-0.4, -0.2) is 26.2 Å². The highest BCUT2D eigenvalue weighted by Crippen LogP contribution is 2.35. The third kappa shape index (κ3) is 2.31. The SMILES string of the molecule is [2H]c1cc(S(C)(=O)=O)ccc1C1=CC(=O)OC1(C)C. The Bertz CT molecular complexity index is 687. The molecular formula is C13H14O4S. The van der Waals surface area contributed by atoms with Gasteiger partial charge in [-0.1, -0.05) is 12.1 Å². The maximum atomic E-state index is 11.4. The summed E-state index contributed by atoms with van der Waals surface area (Å²) in [7, 11) is -3.34. The van der Waals surface area contributed by atoms with Crippen LogP contribution in [0.5, 0.6) is 0 Å². The molecule has 0 radical (unpaired) electrons. The summed E-state index contributed by atoms with van der Waals surface area (Å²) in [4.78, 5) is 11.4. The first-order valence-electron chi connectivity index (χ1n) is 5.87. The zero-order valence-corrected chi connectivity index (χ0v) is 11.2. The lowest BCUT2D eigenvalue weighted by Crippen LogP contribution is -2.22. The van der Waals surface area contributed by atoms with Gasteiger partial charge in [0.05, 0.1) is 6.27 Å². The highest BCUT2D eigenvalue weighted by molar-refractivity contribution is 7.90. The van der Waals surface area contributed by atoms with Crippen molar-refractivity contribution in [1.29, 1.82) is 0 Å². The fourth-order valence-corrected chi connectivity index (χ4v) is 2.43. The first-order chi connectivity index (χ1) is 8.61. The Morgan fingerprint density at radius 2 is 1.94 bits per heavy atom. The van der Waals surface area contributed by atoms with Gasteiger partial charge in [0, 0.05) is 17.9 Å². The van der Waals surface area contributed by atoms with Crippen molar-refractivity contribution in [2.75, 3.05) is 6.26 Å². The number of benzene rings is 1. The smallest absolute Gasteiger partial charge is 0.332 e. The monoisotopic (exact) mass is 267 g/mol. The van der Waals surface area contributed by atoms with E-state index in [2.05, 4.69) is 0 Å². The molecule has 0 aromatic heterocycles. The highest BCUT2D eigenvalue weighted by Gasteiger charge is 2.34. The maximum absolute atomic E-state index is 11.4. The van der Waals surface area contributed by atoms with Gasteiger partial charge in [-0.05, 0) is 31.5 Å². The van der Waals surface area contributed by atoms with E-state index in [0.717, 1.165) is 6.26 Å². The second-order valence-electron chi connectivity index (χ2n) is 4.70. The van der Waals surface area contributed by atoms with Crippen molar-refractivity contribution in [3.63, 3.8) is 0 Å². The van der Waals surface area contributed by atoms with Gasteiger partial charge in [-0.15, -0.1) is 0 Å². The van der Waals surface area contributed by atoms with Crippen LogP contribution in [0.4, 0.5) is 0 Å². The van der Waals surface area contributed by atoms with Crippen LogP contribution in [0.15, 0.2) is 35.2 Å². The van der Waals surface area contributed by atoms with Crippen molar-refractivity contribution >= 4 is 21.4 Å². The fourth-order valence-electron chi connectivity index (χ4n) is 1.84. The van der Waals surface area contributed by atoms with E-state index in [4.69, 9.17) is 6.11 Å². The molecule has 1 aliphatic heterocycles. The minimum atomic E-state index is -3.34. The third-order valence-electron chi connectivity index (χ3n) is 2.77. The van der Waals surface area contributed by atoms with Crippen molar-refractivity contribution in [2.24, 2.45) is 0 Å². The predicted molar refractivity (Wildman–Crippen MR) is 67.7 cm³/mol. The largest absolute Gasteiger partial charge is 0.452 e. The van der Waals surface area contributed by atoms with Crippen LogP contribution in [0, 0.1) is 0 Å². The number of sulfone groups is 1. The van der Waals surface area contributed by atoms with Gasteiger partial charge < -0.3 is 4.74 Å². The Morgan fingerprint density at radius 1 is 1.28 bits per heavy atom. The van der Waals surface area contributed by atoms with Gasteiger partial charge in [-0.2, -0.15) is 0 Å². The molecule has 0 bridgehead atoms. The molecule has 0 amide bonds. The van der Waals surface area contributed by atoms with E-state index in [1.165, 1.54) is 24.3 Å². The van der Waals surface area contributed by atoms with Gasteiger partial charge >= 0.3 is 5.97 Å². The van der Waals surface area contributed by atoms with E-state index in [1.54, 1.807) is 13.8 Å². The van der Waals surface area contributed by atoms with Gasteiger partial charge in [-0.25, -0.2) is 13.2 Å². The Balaban J connectivity index is 2.55. The van der Waals surface area contributed by atoms with E-state index in [0.29, 0.717) is 11.1 Å². The number of hydrogen-bond donors (Lipinski definition) is 0. The Labute approximate surface area is 108 Å². The molecule has 0 saturated heterocycles. The van der Waals surface area contributed by atoms with Crippen molar-refractivity contribution < 1.29 is 19.3 Å². The molecule has 0 N–H and O–H groups in total. The lowest BCUT2D eigenvalue weighted by molar-refractivity contribution is -0.142. The number of carbonyl (C=O) groups excluding carboxylic acids is 1. The van der Waals surface area contributed by atoms with Crippen LogP contribution in [0.25, 0.3) is 5.57 Å². The molecule has 1 aromatic rings. The molecule has 0 saturated carbocycles. The van der Waals surface area contributed by atoms with Crippen LogP contribution >= 0.6 is 0 Å². The Kier molecular flexibility index (Phi) is 2.52. The second-order valence-corrected chi connectivity index (χ2v) is 6.72. The van der Waals surface area contributed by atoms with Gasteiger partial charge in [0.2, 0.25) is 0 Å². The average Bonchev–Trinajstić information content (AvgIpc) is 2.50. The molecule has 0 aliphatic carbocycles. The number of cyclic esters (lactones) is 1. The first-order valence-corrected chi connectivity index (χ1v) is 7.26. The van der Waals surface area contributed by atoms with E-state index in [-0.39, 0.29) is 10.9 Å².